The maximum Gasteiger partial charge on any atom is 0.423 e. The first kappa shape index (κ1) is 23.2. The predicted molar refractivity (Wildman–Crippen MR) is 75.3 cm³/mol. The van der Waals surface area contributed by atoms with E-state index >= 15 is 0 Å². The molecule has 0 aliphatic rings. The molecular weight excluding hydrogens is 365 g/mol. The first-order valence-electron chi connectivity index (χ1n) is 6.87. The lowest BCUT2D eigenvalue weighted by Gasteiger charge is -2.26. The van der Waals surface area contributed by atoms with Gasteiger partial charge in [0.05, 0.1) is 13.2 Å². The van der Waals surface area contributed by atoms with Crippen LogP contribution in [-0.4, -0.2) is 63.6 Å². The van der Waals surface area contributed by atoms with Crippen molar-refractivity contribution in [3.63, 3.8) is 0 Å². The first-order valence-corrected chi connectivity index (χ1v) is 9.13. The van der Waals surface area contributed by atoms with Gasteiger partial charge in [0.15, 0.2) is 0 Å². The van der Waals surface area contributed by atoms with E-state index in [4.69, 9.17) is 15.9 Å². The average molecular weight is 384 g/mol. The molecule has 0 saturated heterocycles. The third kappa shape index (κ3) is 9.52. The third-order valence-electron chi connectivity index (χ3n) is 2.75. The normalized spacial score (nSPS) is 15.3. The second kappa shape index (κ2) is 10.3. The van der Waals surface area contributed by atoms with E-state index in [9.17, 15) is 30.9 Å². The maximum atomic E-state index is 12.5. The van der Waals surface area contributed by atoms with E-state index in [0.717, 1.165) is 0 Å². The van der Waals surface area contributed by atoms with Crippen LogP contribution in [0.25, 0.3) is 0 Å². The SMILES string of the molecule is C#CCOCCP(=O)(CCOCC)COC(C(F)(F)F)C(F)(F)F. The quantitative estimate of drug-likeness (QED) is 0.237. The Morgan fingerprint density at radius 3 is 1.96 bits per heavy atom. The Labute approximate surface area is 136 Å². The lowest BCUT2D eigenvalue weighted by molar-refractivity contribution is -0.317. The van der Waals surface area contributed by atoms with Crippen LogP contribution in [0.4, 0.5) is 26.3 Å². The highest BCUT2D eigenvalue weighted by Gasteiger charge is 2.58. The molecule has 0 spiro atoms. The van der Waals surface area contributed by atoms with Crippen LogP contribution in [0.3, 0.4) is 0 Å². The molecule has 0 saturated carbocycles. The molecule has 0 aromatic rings. The van der Waals surface area contributed by atoms with E-state index in [2.05, 4.69) is 10.7 Å². The molecule has 0 amide bonds. The van der Waals surface area contributed by atoms with Crippen molar-refractivity contribution in [1.29, 1.82) is 0 Å². The maximum absolute atomic E-state index is 12.5. The van der Waals surface area contributed by atoms with Crippen molar-refractivity contribution >= 4 is 7.14 Å². The summed E-state index contributed by atoms with van der Waals surface area (Å²) in [5.74, 6) is 2.13. The summed E-state index contributed by atoms with van der Waals surface area (Å²) in [6.45, 7) is 1.55. The highest BCUT2D eigenvalue weighted by atomic mass is 31.2. The summed E-state index contributed by atoms with van der Waals surface area (Å²) in [5.41, 5.74) is 0. The zero-order valence-corrected chi connectivity index (χ0v) is 13.8. The fourth-order valence-corrected chi connectivity index (χ4v) is 3.39. The molecule has 0 bridgehead atoms. The number of halogens is 6. The van der Waals surface area contributed by atoms with Gasteiger partial charge in [0, 0.05) is 18.9 Å². The van der Waals surface area contributed by atoms with Crippen molar-refractivity contribution in [2.75, 3.05) is 45.1 Å². The molecule has 0 aromatic heterocycles. The average Bonchev–Trinajstić information content (AvgIpc) is 2.41. The van der Waals surface area contributed by atoms with Crippen LogP contribution in [0, 0.1) is 12.3 Å². The van der Waals surface area contributed by atoms with Crippen LogP contribution in [0.15, 0.2) is 0 Å². The molecule has 24 heavy (non-hydrogen) atoms. The highest BCUT2D eigenvalue weighted by molar-refractivity contribution is 7.63. The fourth-order valence-electron chi connectivity index (χ4n) is 1.56. The zero-order valence-electron chi connectivity index (χ0n) is 13.0. The van der Waals surface area contributed by atoms with Gasteiger partial charge < -0.3 is 18.8 Å². The summed E-state index contributed by atoms with van der Waals surface area (Å²) in [4.78, 5) is 0. The van der Waals surface area contributed by atoms with Gasteiger partial charge in [-0.25, -0.2) is 0 Å². The minimum Gasteiger partial charge on any atom is -0.381 e. The second-order valence-corrected chi connectivity index (χ2v) is 7.99. The van der Waals surface area contributed by atoms with Gasteiger partial charge in [0.25, 0.3) is 0 Å². The summed E-state index contributed by atoms with van der Waals surface area (Å²) < 4.78 is 101. The summed E-state index contributed by atoms with van der Waals surface area (Å²) in [6.07, 6.45) is -12.0. The molecule has 0 radical (unpaired) electrons. The predicted octanol–water partition coefficient (Wildman–Crippen LogP) is 3.50. The molecule has 1 atom stereocenters. The molecule has 0 rings (SSSR count). The Bertz CT molecular complexity index is 429. The van der Waals surface area contributed by atoms with E-state index in [0.29, 0.717) is 0 Å². The van der Waals surface area contributed by atoms with Crippen molar-refractivity contribution in [1.82, 2.24) is 0 Å². The van der Waals surface area contributed by atoms with Gasteiger partial charge in [-0.15, -0.1) is 6.42 Å². The number of rotatable bonds is 11. The Balaban J connectivity index is 4.89. The highest BCUT2D eigenvalue weighted by Crippen LogP contribution is 2.47. The van der Waals surface area contributed by atoms with E-state index < -0.39 is 31.9 Å². The topological polar surface area (TPSA) is 44.8 Å². The number of ether oxygens (including phenoxy) is 3. The summed E-state index contributed by atoms with van der Waals surface area (Å²) in [7, 11) is -3.52. The molecule has 0 aliphatic heterocycles. The third-order valence-corrected chi connectivity index (χ3v) is 5.36. The van der Waals surface area contributed by atoms with Crippen molar-refractivity contribution in [2.45, 2.75) is 25.4 Å². The van der Waals surface area contributed by atoms with Gasteiger partial charge in [-0.05, 0) is 6.92 Å². The molecule has 11 heteroatoms. The minimum atomic E-state index is -5.65. The molecule has 0 fully saturated rings. The molecule has 0 aliphatic carbocycles. The van der Waals surface area contributed by atoms with Gasteiger partial charge in [-0.1, -0.05) is 5.92 Å². The Morgan fingerprint density at radius 2 is 1.54 bits per heavy atom. The van der Waals surface area contributed by atoms with Gasteiger partial charge >= 0.3 is 12.4 Å². The van der Waals surface area contributed by atoms with Gasteiger partial charge in [0.1, 0.15) is 20.1 Å². The summed E-state index contributed by atoms with van der Waals surface area (Å²) >= 11 is 0. The van der Waals surface area contributed by atoms with Crippen LogP contribution in [0.5, 0.6) is 0 Å². The molecule has 0 N–H and O–H groups in total. The molecule has 142 valence electrons. The second-order valence-electron chi connectivity index (χ2n) is 4.72. The molecule has 1 unspecified atom stereocenters. The van der Waals surface area contributed by atoms with E-state index in [-0.39, 0.29) is 38.8 Å². The largest absolute Gasteiger partial charge is 0.423 e. The lowest BCUT2D eigenvalue weighted by atomic mass is 10.3. The Morgan fingerprint density at radius 1 is 1.04 bits per heavy atom. The van der Waals surface area contributed by atoms with Gasteiger partial charge in [0.2, 0.25) is 6.10 Å². The van der Waals surface area contributed by atoms with Crippen LogP contribution in [0.1, 0.15) is 6.92 Å². The van der Waals surface area contributed by atoms with Crippen molar-refractivity contribution in [3.8, 4) is 12.3 Å². The molecule has 4 nitrogen and oxygen atoms in total. The monoisotopic (exact) mass is 384 g/mol. The minimum absolute atomic E-state index is 0.0744. The van der Waals surface area contributed by atoms with Crippen molar-refractivity contribution < 1.29 is 45.1 Å². The smallest absolute Gasteiger partial charge is 0.381 e. The Kier molecular flexibility index (Phi) is 9.97. The first-order chi connectivity index (χ1) is 11.0. The fraction of sp³-hybridized carbons (Fsp3) is 0.846. The van der Waals surface area contributed by atoms with Crippen molar-refractivity contribution in [3.05, 3.63) is 0 Å². The lowest BCUT2D eigenvalue weighted by Crippen LogP contribution is -2.44. The van der Waals surface area contributed by atoms with Gasteiger partial charge in [-0.2, -0.15) is 26.3 Å². The zero-order chi connectivity index (χ0) is 18.9. The van der Waals surface area contributed by atoms with Crippen LogP contribution in [0.2, 0.25) is 0 Å². The molecule has 0 aromatic carbocycles. The van der Waals surface area contributed by atoms with Crippen LogP contribution >= 0.6 is 7.14 Å². The number of hydrogen-bond acceptors (Lipinski definition) is 4. The van der Waals surface area contributed by atoms with Crippen LogP contribution < -0.4 is 0 Å². The van der Waals surface area contributed by atoms with E-state index in [1.54, 1.807) is 6.92 Å². The summed E-state index contributed by atoms with van der Waals surface area (Å²) in [5, 5.41) is 0. The standard InChI is InChI=1S/C13H19F6O4P/c1-3-5-22-7-9-24(20,8-6-21-4-2)10-23-11(12(14,15)16)13(17,18)19/h1,11H,4-10H2,2H3. The molecule has 0 heterocycles. The number of alkyl halides is 6. The Hall–Kier alpha value is -0.750. The van der Waals surface area contributed by atoms with Gasteiger partial charge in [-0.3, -0.25) is 0 Å². The molecular formula is C13H19F6O4P. The van der Waals surface area contributed by atoms with Crippen molar-refractivity contribution in [2.24, 2.45) is 0 Å². The number of terminal acetylenes is 1. The summed E-state index contributed by atoms with van der Waals surface area (Å²) in [6, 6.07) is 0. The van der Waals surface area contributed by atoms with Crippen LogP contribution in [-0.2, 0) is 18.8 Å². The van der Waals surface area contributed by atoms with E-state index in [1.807, 2.05) is 0 Å². The van der Waals surface area contributed by atoms with E-state index in [1.165, 1.54) is 0 Å². The number of hydrogen-bond donors (Lipinski definition) is 0.